The number of nitrogens with one attached hydrogen (secondary N) is 1. The number of aryl methyl sites for hydroxylation is 2. The topological polar surface area (TPSA) is 72.9 Å². The van der Waals surface area contributed by atoms with Crippen LogP contribution >= 0.6 is 0 Å². The highest BCUT2D eigenvalue weighted by atomic mass is 19.1. The number of nitrogens with two attached hydrogens (primary N) is 1. The maximum Gasteiger partial charge on any atom is 0.257 e. The normalized spacial score (nSPS) is 10.5. The Bertz CT molecular complexity index is 621. The molecule has 1 aromatic heterocycles. The van der Waals surface area contributed by atoms with Crippen LogP contribution in [0.25, 0.3) is 0 Å². The fourth-order valence-electron chi connectivity index (χ4n) is 1.82. The number of anilines is 2. The Morgan fingerprint density at radius 3 is 2.95 bits per heavy atom. The fourth-order valence-corrected chi connectivity index (χ4v) is 1.82. The number of rotatable bonds is 3. The highest BCUT2D eigenvalue weighted by Crippen LogP contribution is 2.19. The largest absolute Gasteiger partial charge is 0.396 e. The van der Waals surface area contributed by atoms with Crippen molar-refractivity contribution >= 4 is 17.3 Å². The molecule has 2 rings (SSSR count). The highest BCUT2D eigenvalue weighted by molar-refractivity contribution is 6.07. The van der Waals surface area contributed by atoms with Crippen LogP contribution in [-0.2, 0) is 13.5 Å². The van der Waals surface area contributed by atoms with Crippen LogP contribution in [0, 0.1) is 5.82 Å². The number of nitrogen functional groups attached to an aromatic ring is 1. The zero-order valence-electron chi connectivity index (χ0n) is 10.8. The van der Waals surface area contributed by atoms with E-state index in [1.807, 2.05) is 6.92 Å². The second kappa shape index (κ2) is 5.09. The van der Waals surface area contributed by atoms with Crippen molar-refractivity contribution in [2.45, 2.75) is 13.3 Å². The summed E-state index contributed by atoms with van der Waals surface area (Å²) in [5.41, 5.74) is 6.90. The summed E-state index contributed by atoms with van der Waals surface area (Å²) >= 11 is 0. The van der Waals surface area contributed by atoms with Crippen molar-refractivity contribution in [1.29, 1.82) is 0 Å². The Morgan fingerprint density at radius 1 is 1.53 bits per heavy atom. The number of hydrogen-bond donors (Lipinski definition) is 2. The van der Waals surface area contributed by atoms with E-state index in [0.717, 1.165) is 5.69 Å². The van der Waals surface area contributed by atoms with Gasteiger partial charge in [0, 0.05) is 13.2 Å². The zero-order valence-corrected chi connectivity index (χ0v) is 10.8. The summed E-state index contributed by atoms with van der Waals surface area (Å²) in [6.07, 6.45) is 2.39. The first-order valence-electron chi connectivity index (χ1n) is 5.90. The van der Waals surface area contributed by atoms with Gasteiger partial charge in [0.15, 0.2) is 0 Å². The molecule has 0 aliphatic carbocycles. The molecule has 0 aliphatic rings. The van der Waals surface area contributed by atoms with Crippen molar-refractivity contribution in [3.05, 3.63) is 41.5 Å². The molecule has 0 spiro atoms. The Hall–Kier alpha value is -2.37. The van der Waals surface area contributed by atoms with E-state index in [4.69, 9.17) is 5.73 Å². The van der Waals surface area contributed by atoms with Gasteiger partial charge in [-0.15, -0.1) is 0 Å². The first-order valence-corrected chi connectivity index (χ1v) is 5.90. The molecule has 0 bridgehead atoms. The molecule has 0 saturated heterocycles. The van der Waals surface area contributed by atoms with Crippen LogP contribution in [0.3, 0.4) is 0 Å². The Morgan fingerprint density at radius 2 is 2.26 bits per heavy atom. The number of hydrogen-bond acceptors (Lipinski definition) is 3. The fraction of sp³-hybridized carbons (Fsp3) is 0.231. The van der Waals surface area contributed by atoms with Gasteiger partial charge in [-0.05, 0) is 18.6 Å². The van der Waals surface area contributed by atoms with Crippen LogP contribution in [0.1, 0.15) is 23.0 Å². The molecule has 6 heteroatoms. The molecule has 0 saturated carbocycles. The summed E-state index contributed by atoms with van der Waals surface area (Å²) in [6, 6.07) is 4.15. The van der Waals surface area contributed by atoms with E-state index in [0.29, 0.717) is 12.1 Å². The van der Waals surface area contributed by atoms with Crippen LogP contribution < -0.4 is 11.1 Å². The molecule has 5 nitrogen and oxygen atoms in total. The lowest BCUT2D eigenvalue weighted by Crippen LogP contribution is -2.15. The molecule has 1 heterocycles. The molecule has 100 valence electrons. The summed E-state index contributed by atoms with van der Waals surface area (Å²) in [5, 5.41) is 6.91. The van der Waals surface area contributed by atoms with Gasteiger partial charge in [-0.1, -0.05) is 13.0 Å². The van der Waals surface area contributed by atoms with Gasteiger partial charge >= 0.3 is 0 Å². The van der Waals surface area contributed by atoms with Crippen LogP contribution in [-0.4, -0.2) is 15.7 Å². The van der Waals surface area contributed by atoms with Crippen molar-refractivity contribution in [3.8, 4) is 0 Å². The number of aromatic nitrogens is 2. The van der Waals surface area contributed by atoms with Crippen molar-refractivity contribution in [1.82, 2.24) is 9.78 Å². The number of carbonyl (C=O) groups excluding carboxylic acids is 1. The van der Waals surface area contributed by atoms with Gasteiger partial charge in [-0.3, -0.25) is 9.48 Å². The standard InChI is InChI=1S/C13H15FN4O/c1-3-10-11(7-18(2)17-10)16-13(19)8-5-4-6-9(14)12(8)15/h4-7H,3,15H2,1-2H3,(H,16,19). The van der Waals surface area contributed by atoms with E-state index in [2.05, 4.69) is 10.4 Å². The van der Waals surface area contributed by atoms with E-state index in [1.54, 1.807) is 17.9 Å². The highest BCUT2D eigenvalue weighted by Gasteiger charge is 2.15. The maximum atomic E-state index is 13.3. The quantitative estimate of drug-likeness (QED) is 0.830. The number of halogens is 1. The number of para-hydroxylation sites is 1. The average Bonchev–Trinajstić information content (AvgIpc) is 2.72. The summed E-state index contributed by atoms with van der Waals surface area (Å²) in [5.74, 6) is -1.05. The summed E-state index contributed by atoms with van der Waals surface area (Å²) in [6.45, 7) is 1.94. The molecule has 1 amide bonds. The SMILES string of the molecule is CCc1nn(C)cc1NC(=O)c1cccc(F)c1N. The average molecular weight is 262 g/mol. The molecule has 3 N–H and O–H groups in total. The number of carbonyl (C=O) groups is 1. The van der Waals surface area contributed by atoms with Crippen LogP contribution in [0.4, 0.5) is 15.8 Å². The Kier molecular flexibility index (Phi) is 3.50. The first-order chi connectivity index (χ1) is 9.02. The Balaban J connectivity index is 2.28. The lowest BCUT2D eigenvalue weighted by atomic mass is 10.1. The van der Waals surface area contributed by atoms with Gasteiger partial charge in [0.1, 0.15) is 5.82 Å². The molecule has 1 aromatic carbocycles. The van der Waals surface area contributed by atoms with Crippen molar-refractivity contribution in [2.24, 2.45) is 7.05 Å². The molecular formula is C13H15FN4O. The van der Waals surface area contributed by atoms with Crippen LogP contribution in [0.2, 0.25) is 0 Å². The van der Waals surface area contributed by atoms with Crippen LogP contribution in [0.5, 0.6) is 0 Å². The molecule has 0 fully saturated rings. The summed E-state index contributed by atoms with van der Waals surface area (Å²) < 4.78 is 14.9. The van der Waals surface area contributed by atoms with Gasteiger partial charge in [0.05, 0.1) is 22.6 Å². The summed E-state index contributed by atoms with van der Waals surface area (Å²) in [7, 11) is 1.77. The van der Waals surface area contributed by atoms with Gasteiger partial charge < -0.3 is 11.1 Å². The minimum Gasteiger partial charge on any atom is -0.396 e. The molecule has 0 atom stereocenters. The first kappa shape index (κ1) is 13.1. The minimum absolute atomic E-state index is 0.117. The van der Waals surface area contributed by atoms with Gasteiger partial charge in [-0.2, -0.15) is 5.10 Å². The van der Waals surface area contributed by atoms with Crippen molar-refractivity contribution in [3.63, 3.8) is 0 Å². The van der Waals surface area contributed by atoms with Gasteiger partial charge in [0.2, 0.25) is 0 Å². The number of benzene rings is 1. The van der Waals surface area contributed by atoms with Crippen molar-refractivity contribution < 1.29 is 9.18 Å². The third-order valence-electron chi connectivity index (χ3n) is 2.79. The molecule has 0 radical (unpaired) electrons. The van der Waals surface area contributed by atoms with Crippen molar-refractivity contribution in [2.75, 3.05) is 11.1 Å². The predicted octanol–water partition coefficient (Wildman–Crippen LogP) is 1.96. The van der Waals surface area contributed by atoms with E-state index in [9.17, 15) is 9.18 Å². The van der Waals surface area contributed by atoms with Crippen LogP contribution in [0.15, 0.2) is 24.4 Å². The smallest absolute Gasteiger partial charge is 0.257 e. The number of nitrogens with zero attached hydrogens (tertiary/aromatic N) is 2. The third kappa shape index (κ3) is 2.57. The molecule has 2 aromatic rings. The molecule has 19 heavy (non-hydrogen) atoms. The molecule has 0 aliphatic heterocycles. The van der Waals surface area contributed by atoms with E-state index in [1.165, 1.54) is 18.2 Å². The lowest BCUT2D eigenvalue weighted by molar-refractivity contribution is 0.102. The molecular weight excluding hydrogens is 247 g/mol. The lowest BCUT2D eigenvalue weighted by Gasteiger charge is -2.07. The van der Waals surface area contributed by atoms with Gasteiger partial charge in [0.25, 0.3) is 5.91 Å². The number of amides is 1. The van der Waals surface area contributed by atoms with Gasteiger partial charge in [-0.25, -0.2) is 4.39 Å². The maximum absolute atomic E-state index is 13.3. The third-order valence-corrected chi connectivity index (χ3v) is 2.79. The minimum atomic E-state index is -0.602. The van der Waals surface area contributed by atoms with E-state index >= 15 is 0 Å². The monoisotopic (exact) mass is 262 g/mol. The molecule has 0 unspecified atom stereocenters. The zero-order chi connectivity index (χ0) is 14.0. The Labute approximate surface area is 110 Å². The second-order valence-corrected chi connectivity index (χ2v) is 4.17. The second-order valence-electron chi connectivity index (χ2n) is 4.17. The predicted molar refractivity (Wildman–Crippen MR) is 71.4 cm³/mol. The van der Waals surface area contributed by atoms with E-state index in [-0.39, 0.29) is 11.3 Å². The van der Waals surface area contributed by atoms with E-state index < -0.39 is 11.7 Å². The summed E-state index contributed by atoms with van der Waals surface area (Å²) in [4.78, 5) is 12.1.